The van der Waals surface area contributed by atoms with E-state index >= 15 is 0 Å². The maximum absolute atomic E-state index is 12.6. The van der Waals surface area contributed by atoms with Crippen molar-refractivity contribution in [3.05, 3.63) is 59.3 Å². The van der Waals surface area contributed by atoms with E-state index in [2.05, 4.69) is 29.5 Å². The number of hydrogen-bond acceptors (Lipinski definition) is 7. The molecule has 0 aliphatic rings. The number of nitrogens with zero attached hydrogens (tertiary/aromatic N) is 5. The van der Waals surface area contributed by atoms with Crippen LogP contribution in [0, 0.1) is 0 Å². The Morgan fingerprint density at radius 1 is 1.24 bits per heavy atom. The van der Waals surface area contributed by atoms with Gasteiger partial charge in [0.25, 0.3) is 5.91 Å². The average molecular weight is 503 g/mol. The van der Waals surface area contributed by atoms with Crippen molar-refractivity contribution >= 4 is 32.9 Å². The maximum Gasteiger partial charge on any atom is 0.573 e. The summed E-state index contributed by atoms with van der Waals surface area (Å²) < 4.78 is 58.6. The van der Waals surface area contributed by atoms with Crippen LogP contribution in [0.4, 0.5) is 18.9 Å². The number of alkyl halides is 3. The summed E-state index contributed by atoms with van der Waals surface area (Å²) in [6, 6.07) is 5.58. The summed E-state index contributed by atoms with van der Waals surface area (Å²) >= 11 is 5.83. The minimum atomic E-state index is -4.93. The van der Waals surface area contributed by atoms with E-state index < -0.39 is 33.8 Å². The quantitative estimate of drug-likeness (QED) is 0.544. The maximum atomic E-state index is 12.6. The molecule has 9 nitrogen and oxygen atoms in total. The largest absolute Gasteiger partial charge is 0.573 e. The molecule has 2 heterocycles. The van der Waals surface area contributed by atoms with E-state index in [1.165, 1.54) is 35.8 Å². The Bertz CT molecular complexity index is 1280. The minimum Gasteiger partial charge on any atom is -0.406 e. The Morgan fingerprint density at radius 3 is 2.58 bits per heavy atom. The summed E-state index contributed by atoms with van der Waals surface area (Å²) in [5.41, 5.74) is 0.293. The summed E-state index contributed by atoms with van der Waals surface area (Å²) in [6.07, 6.45) is 0.753. The number of benzene rings is 1. The summed E-state index contributed by atoms with van der Waals surface area (Å²) in [6.45, 7) is 1.61. The third-order valence-corrected chi connectivity index (χ3v) is 4.82. The molecule has 0 saturated carbocycles. The monoisotopic (exact) mass is 502 g/mol. The van der Waals surface area contributed by atoms with Crippen LogP contribution in [0.1, 0.15) is 29.1 Å². The highest BCUT2D eigenvalue weighted by Crippen LogP contribution is 2.27. The normalized spacial score (nSPS) is 12.8. The fourth-order valence-corrected chi connectivity index (χ4v) is 3.61. The fraction of sp³-hybridized carbons (Fsp3) is 0.263. The van der Waals surface area contributed by atoms with E-state index in [1.807, 2.05) is 0 Å². The van der Waals surface area contributed by atoms with Crippen molar-refractivity contribution < 1.29 is 26.9 Å². The summed E-state index contributed by atoms with van der Waals surface area (Å²) in [5.74, 6) is -0.642. The van der Waals surface area contributed by atoms with Gasteiger partial charge >= 0.3 is 6.36 Å². The predicted octanol–water partition coefficient (Wildman–Crippen LogP) is 4.06. The first-order chi connectivity index (χ1) is 15.3. The first-order valence-corrected chi connectivity index (χ1v) is 11.9. The van der Waals surface area contributed by atoms with Gasteiger partial charge in [0.2, 0.25) is 0 Å². The first kappa shape index (κ1) is 24.5. The number of rotatable bonds is 6. The molecule has 0 saturated heterocycles. The van der Waals surface area contributed by atoms with Gasteiger partial charge in [0.1, 0.15) is 12.1 Å². The van der Waals surface area contributed by atoms with E-state index in [0.29, 0.717) is 17.3 Å². The highest BCUT2D eigenvalue weighted by molar-refractivity contribution is 7.92. The number of halogens is 4. The van der Waals surface area contributed by atoms with Gasteiger partial charge in [-0.25, -0.2) is 14.2 Å². The second-order valence-corrected chi connectivity index (χ2v) is 10.1. The van der Waals surface area contributed by atoms with Crippen molar-refractivity contribution in [3.8, 4) is 11.6 Å². The molecule has 1 amide bonds. The van der Waals surface area contributed by atoms with Gasteiger partial charge in [-0.05, 0) is 37.3 Å². The number of nitrogens with one attached hydrogen (secondary N) is 1. The molecular weight excluding hydrogens is 485 g/mol. The molecule has 0 aliphatic carbocycles. The number of carbonyl (C=O) groups excluding carboxylic acids is 1. The molecule has 0 radical (unpaired) electrons. The van der Waals surface area contributed by atoms with Crippen molar-refractivity contribution in [2.24, 2.45) is 4.36 Å². The van der Waals surface area contributed by atoms with Crippen molar-refractivity contribution in [3.63, 3.8) is 0 Å². The van der Waals surface area contributed by atoms with E-state index in [0.717, 1.165) is 12.1 Å². The summed E-state index contributed by atoms with van der Waals surface area (Å²) in [5, 5.41) is 6.62. The molecule has 1 atom stereocenters. The fourth-order valence-electron chi connectivity index (χ4n) is 2.76. The van der Waals surface area contributed by atoms with Gasteiger partial charge < -0.3 is 10.1 Å². The van der Waals surface area contributed by atoms with Crippen molar-refractivity contribution in [2.45, 2.75) is 19.3 Å². The summed E-state index contributed by atoms with van der Waals surface area (Å²) in [4.78, 5) is 21.0. The van der Waals surface area contributed by atoms with Crippen LogP contribution in [-0.2, 0) is 9.73 Å². The number of hydrogen-bond donors (Lipinski definition) is 1. The van der Waals surface area contributed by atoms with Crippen LogP contribution in [-0.4, -0.2) is 48.7 Å². The Kier molecular flexibility index (Phi) is 6.93. The zero-order valence-electron chi connectivity index (χ0n) is 17.5. The molecule has 3 rings (SSSR count). The van der Waals surface area contributed by atoms with Gasteiger partial charge in [0, 0.05) is 32.8 Å². The van der Waals surface area contributed by atoms with Crippen LogP contribution in [0.15, 0.2) is 47.2 Å². The second kappa shape index (κ2) is 9.35. The molecule has 0 aliphatic heterocycles. The number of aromatic nitrogens is 4. The lowest BCUT2D eigenvalue weighted by Gasteiger charge is -2.15. The van der Waals surface area contributed by atoms with Gasteiger partial charge in [-0.3, -0.25) is 4.79 Å². The van der Waals surface area contributed by atoms with Gasteiger partial charge in [0.05, 0.1) is 17.9 Å². The van der Waals surface area contributed by atoms with Crippen LogP contribution >= 0.6 is 11.6 Å². The molecule has 0 bridgehead atoms. The zero-order valence-corrected chi connectivity index (χ0v) is 19.1. The molecule has 2 aromatic heterocycles. The molecule has 14 heteroatoms. The molecule has 176 valence electrons. The summed E-state index contributed by atoms with van der Waals surface area (Å²) in [7, 11) is -2.35. The number of ether oxygens (including phenoxy) is 1. The van der Waals surface area contributed by atoms with Crippen LogP contribution in [0.3, 0.4) is 0 Å². The molecule has 3 aromatic rings. The van der Waals surface area contributed by atoms with Gasteiger partial charge in [-0.2, -0.15) is 14.1 Å². The smallest absolute Gasteiger partial charge is 0.406 e. The van der Waals surface area contributed by atoms with E-state index in [9.17, 15) is 22.2 Å². The lowest BCUT2D eigenvalue weighted by atomic mass is 10.2. The van der Waals surface area contributed by atoms with E-state index in [1.54, 1.807) is 19.1 Å². The number of pyridine rings is 1. The van der Waals surface area contributed by atoms with E-state index in [4.69, 9.17) is 11.6 Å². The molecule has 33 heavy (non-hydrogen) atoms. The first-order valence-electron chi connectivity index (χ1n) is 9.21. The van der Waals surface area contributed by atoms with Crippen LogP contribution < -0.4 is 10.1 Å². The van der Waals surface area contributed by atoms with Crippen molar-refractivity contribution in [1.82, 2.24) is 25.1 Å². The lowest BCUT2D eigenvalue weighted by molar-refractivity contribution is -0.274. The third-order valence-electron chi connectivity index (χ3n) is 3.95. The lowest BCUT2D eigenvalue weighted by Crippen LogP contribution is -2.29. The molecule has 0 spiro atoms. The van der Waals surface area contributed by atoms with Crippen molar-refractivity contribution in [2.75, 3.05) is 12.5 Å². The number of carbonyl (C=O) groups is 1. The zero-order chi connectivity index (χ0) is 24.4. The molecule has 0 unspecified atom stereocenters. The predicted molar refractivity (Wildman–Crippen MR) is 115 cm³/mol. The van der Waals surface area contributed by atoms with Gasteiger partial charge in [0.15, 0.2) is 11.6 Å². The third kappa shape index (κ3) is 6.89. The average Bonchev–Trinajstić information content (AvgIpc) is 3.15. The molecule has 0 fully saturated rings. The molecule has 1 aromatic carbocycles. The standard InChI is InChI=1S/C19H18ClF3N6O3S/c1-11(27-18(30)12-6-13(20)8-15(7-12)32-19(21,22)23)17-25-10-26-29(17)16-5-4-14(9-24-16)28-33(2,3)31/h4-11H,1-3H3,(H,27,30)/t11-/m0/s1. The SMILES string of the molecule is C[C@H](NC(=O)c1cc(Cl)cc(OC(F)(F)F)c1)c1ncnn1-c1ccc(N=S(C)(C)=O)cn1. The van der Waals surface area contributed by atoms with Gasteiger partial charge in [-0.1, -0.05) is 11.6 Å². The molecular formula is C19H18ClF3N6O3S. The Morgan fingerprint density at radius 2 is 1.97 bits per heavy atom. The Balaban J connectivity index is 1.80. The van der Waals surface area contributed by atoms with Crippen molar-refractivity contribution in [1.29, 1.82) is 0 Å². The van der Waals surface area contributed by atoms with Crippen LogP contribution in [0.25, 0.3) is 5.82 Å². The minimum absolute atomic E-state index is 0.101. The van der Waals surface area contributed by atoms with E-state index in [-0.39, 0.29) is 10.6 Å². The van der Waals surface area contributed by atoms with Crippen LogP contribution in [0.2, 0.25) is 5.02 Å². The Labute approximate surface area is 192 Å². The number of amides is 1. The molecule has 1 N–H and O–H groups in total. The second-order valence-electron chi connectivity index (χ2n) is 7.10. The highest BCUT2D eigenvalue weighted by atomic mass is 35.5. The van der Waals surface area contributed by atoms with Crippen LogP contribution in [0.5, 0.6) is 5.75 Å². The highest BCUT2D eigenvalue weighted by Gasteiger charge is 2.31. The topological polar surface area (TPSA) is 111 Å². The Hall–Kier alpha value is -3.19. The van der Waals surface area contributed by atoms with Gasteiger partial charge in [-0.15, -0.1) is 13.2 Å².